The van der Waals surface area contributed by atoms with Gasteiger partial charge < -0.3 is 5.32 Å². The Balaban J connectivity index is 3.06. The van der Waals surface area contributed by atoms with E-state index in [9.17, 15) is 0 Å². The van der Waals surface area contributed by atoms with Crippen molar-refractivity contribution >= 4 is 23.2 Å². The summed E-state index contributed by atoms with van der Waals surface area (Å²) in [6, 6.07) is 6.12. The third kappa shape index (κ3) is 3.38. The molecule has 16 heavy (non-hydrogen) atoms. The molecule has 0 aliphatic rings. The molecule has 0 spiro atoms. The number of hydrogen-bond donors (Lipinski definition) is 1. The van der Waals surface area contributed by atoms with E-state index < -0.39 is 0 Å². The van der Waals surface area contributed by atoms with Gasteiger partial charge in [-0.3, -0.25) is 0 Å². The minimum Gasteiger partial charge on any atom is -0.310 e. The van der Waals surface area contributed by atoms with Gasteiger partial charge in [0.15, 0.2) is 0 Å². The lowest BCUT2D eigenvalue weighted by molar-refractivity contribution is 0.277. The normalized spacial score (nSPS) is 13.9. The second-order valence-electron chi connectivity index (χ2n) is 5.03. The molecule has 3 heteroatoms. The lowest BCUT2D eigenvalue weighted by Gasteiger charge is -2.32. The maximum Gasteiger partial charge on any atom is 0.0595 e. The quantitative estimate of drug-likeness (QED) is 0.831. The molecule has 0 amide bonds. The molecule has 1 rings (SSSR count). The van der Waals surface area contributed by atoms with E-state index in [-0.39, 0.29) is 11.5 Å². The molecule has 0 aromatic heterocycles. The zero-order valence-electron chi connectivity index (χ0n) is 10.3. The maximum atomic E-state index is 6.05. The number of benzene rings is 1. The summed E-state index contributed by atoms with van der Waals surface area (Å²) < 4.78 is 0. The van der Waals surface area contributed by atoms with Crippen LogP contribution in [0.3, 0.4) is 0 Å². The van der Waals surface area contributed by atoms with E-state index in [1.165, 1.54) is 5.56 Å². The zero-order chi connectivity index (χ0) is 12.3. The van der Waals surface area contributed by atoms with Crippen LogP contribution in [0.4, 0.5) is 0 Å². The van der Waals surface area contributed by atoms with Gasteiger partial charge in [0.2, 0.25) is 0 Å². The molecule has 0 saturated carbocycles. The predicted molar refractivity (Wildman–Crippen MR) is 72.3 cm³/mol. The van der Waals surface area contributed by atoms with Crippen LogP contribution in [0.15, 0.2) is 18.2 Å². The third-order valence-electron chi connectivity index (χ3n) is 2.55. The summed E-state index contributed by atoms with van der Waals surface area (Å²) >= 11 is 12.0. The molecule has 1 atom stereocenters. The smallest absolute Gasteiger partial charge is 0.0595 e. The molecule has 1 aromatic rings. The predicted octanol–water partition coefficient (Wildman–Crippen LogP) is 4.69. The van der Waals surface area contributed by atoms with Crippen LogP contribution >= 0.6 is 23.2 Å². The number of hydrogen-bond acceptors (Lipinski definition) is 1. The van der Waals surface area contributed by atoms with Crippen molar-refractivity contribution in [1.29, 1.82) is 0 Å². The first kappa shape index (κ1) is 13.8. The lowest BCUT2D eigenvalue weighted by Crippen LogP contribution is -2.32. The molecule has 0 saturated heterocycles. The molecule has 1 nitrogen and oxygen atoms in total. The summed E-state index contributed by atoms with van der Waals surface area (Å²) in [4.78, 5) is 0. The minimum atomic E-state index is 0.146. The molecule has 0 heterocycles. The first-order valence-corrected chi connectivity index (χ1v) is 6.30. The van der Waals surface area contributed by atoms with Crippen LogP contribution in [0.2, 0.25) is 10.0 Å². The van der Waals surface area contributed by atoms with Crippen LogP contribution in [0.1, 0.15) is 39.3 Å². The van der Waals surface area contributed by atoms with Gasteiger partial charge in [0.25, 0.3) is 0 Å². The SMILES string of the molecule is CCNC(c1ccc(Cl)c(Cl)c1)C(C)(C)C. The zero-order valence-corrected chi connectivity index (χ0v) is 11.8. The van der Waals surface area contributed by atoms with E-state index >= 15 is 0 Å². The maximum absolute atomic E-state index is 6.05. The topological polar surface area (TPSA) is 12.0 Å². The highest BCUT2D eigenvalue weighted by molar-refractivity contribution is 6.42. The van der Waals surface area contributed by atoms with Crippen molar-refractivity contribution in [2.24, 2.45) is 5.41 Å². The molecule has 0 aliphatic carbocycles. The first-order valence-electron chi connectivity index (χ1n) is 5.54. The van der Waals surface area contributed by atoms with Gasteiger partial charge in [-0.15, -0.1) is 0 Å². The Morgan fingerprint density at radius 3 is 2.25 bits per heavy atom. The summed E-state index contributed by atoms with van der Waals surface area (Å²) in [6.07, 6.45) is 0. The molecule has 0 bridgehead atoms. The van der Waals surface area contributed by atoms with Crippen LogP contribution in [0.25, 0.3) is 0 Å². The average Bonchev–Trinajstić information content (AvgIpc) is 2.17. The molecular weight excluding hydrogens is 241 g/mol. The summed E-state index contributed by atoms with van der Waals surface area (Å²) in [7, 11) is 0. The van der Waals surface area contributed by atoms with Gasteiger partial charge in [-0.1, -0.05) is 57.0 Å². The number of halogens is 2. The monoisotopic (exact) mass is 259 g/mol. The Bertz CT molecular complexity index is 355. The van der Waals surface area contributed by atoms with Crippen molar-refractivity contribution in [3.63, 3.8) is 0 Å². The third-order valence-corrected chi connectivity index (χ3v) is 3.29. The van der Waals surface area contributed by atoms with Gasteiger partial charge in [0, 0.05) is 6.04 Å². The summed E-state index contributed by atoms with van der Waals surface area (Å²) in [5.41, 5.74) is 1.33. The van der Waals surface area contributed by atoms with Gasteiger partial charge in [-0.25, -0.2) is 0 Å². The Kier molecular flexibility index (Phi) is 4.66. The van der Waals surface area contributed by atoms with Gasteiger partial charge in [0.1, 0.15) is 0 Å². The second-order valence-corrected chi connectivity index (χ2v) is 5.84. The Morgan fingerprint density at radius 1 is 1.19 bits per heavy atom. The van der Waals surface area contributed by atoms with Crippen molar-refractivity contribution < 1.29 is 0 Å². The van der Waals surface area contributed by atoms with E-state index in [1.54, 1.807) is 0 Å². The van der Waals surface area contributed by atoms with Gasteiger partial charge in [-0.05, 0) is 29.7 Å². The molecular formula is C13H19Cl2N. The fraction of sp³-hybridized carbons (Fsp3) is 0.538. The van der Waals surface area contributed by atoms with Gasteiger partial charge in [0.05, 0.1) is 10.0 Å². The highest BCUT2D eigenvalue weighted by atomic mass is 35.5. The van der Waals surface area contributed by atoms with Crippen LogP contribution in [-0.2, 0) is 0 Å². The molecule has 0 fully saturated rings. The Labute approximate surface area is 108 Å². The minimum absolute atomic E-state index is 0.146. The van der Waals surface area contributed by atoms with Gasteiger partial charge >= 0.3 is 0 Å². The number of nitrogens with one attached hydrogen (secondary N) is 1. The lowest BCUT2D eigenvalue weighted by atomic mass is 9.82. The summed E-state index contributed by atoms with van der Waals surface area (Å²) in [5.74, 6) is 0. The Hall–Kier alpha value is -0.240. The van der Waals surface area contributed by atoms with Crippen LogP contribution < -0.4 is 5.32 Å². The van der Waals surface area contributed by atoms with E-state index in [2.05, 4.69) is 33.0 Å². The van der Waals surface area contributed by atoms with Crippen LogP contribution in [-0.4, -0.2) is 6.54 Å². The Morgan fingerprint density at radius 2 is 1.81 bits per heavy atom. The molecule has 1 aromatic carbocycles. The number of rotatable bonds is 3. The average molecular weight is 260 g/mol. The van der Waals surface area contributed by atoms with E-state index in [4.69, 9.17) is 23.2 Å². The van der Waals surface area contributed by atoms with Gasteiger partial charge in [-0.2, -0.15) is 0 Å². The van der Waals surface area contributed by atoms with Crippen molar-refractivity contribution in [2.45, 2.75) is 33.7 Å². The highest BCUT2D eigenvalue weighted by Gasteiger charge is 2.25. The fourth-order valence-corrected chi connectivity index (χ4v) is 2.13. The largest absolute Gasteiger partial charge is 0.310 e. The molecule has 0 radical (unpaired) electrons. The van der Waals surface area contributed by atoms with Crippen molar-refractivity contribution in [1.82, 2.24) is 5.32 Å². The summed E-state index contributed by atoms with van der Waals surface area (Å²) in [6.45, 7) is 9.67. The van der Waals surface area contributed by atoms with Crippen molar-refractivity contribution in [3.05, 3.63) is 33.8 Å². The fourth-order valence-electron chi connectivity index (χ4n) is 1.82. The molecule has 1 unspecified atom stereocenters. The van der Waals surface area contributed by atoms with Crippen LogP contribution in [0, 0.1) is 5.41 Å². The van der Waals surface area contributed by atoms with Crippen LogP contribution in [0.5, 0.6) is 0 Å². The van der Waals surface area contributed by atoms with E-state index in [1.807, 2.05) is 18.2 Å². The highest BCUT2D eigenvalue weighted by Crippen LogP contribution is 2.35. The first-order chi connectivity index (χ1) is 7.36. The van der Waals surface area contributed by atoms with E-state index in [0.717, 1.165) is 6.54 Å². The molecule has 90 valence electrons. The van der Waals surface area contributed by atoms with Crippen molar-refractivity contribution in [3.8, 4) is 0 Å². The van der Waals surface area contributed by atoms with Crippen molar-refractivity contribution in [2.75, 3.05) is 6.54 Å². The molecule has 1 N–H and O–H groups in total. The summed E-state index contributed by atoms with van der Waals surface area (Å²) in [5, 5.41) is 4.71. The molecule has 0 aliphatic heterocycles. The second kappa shape index (κ2) is 5.39. The standard InChI is InChI=1S/C13H19Cl2N/c1-5-16-12(13(2,3)4)9-6-7-10(14)11(15)8-9/h6-8,12,16H,5H2,1-4H3. The van der Waals surface area contributed by atoms with E-state index in [0.29, 0.717) is 10.0 Å².